The van der Waals surface area contributed by atoms with Gasteiger partial charge in [-0.05, 0) is 29.5 Å². The minimum atomic E-state index is -3.60. The van der Waals surface area contributed by atoms with Crippen LogP contribution in [0.1, 0.15) is 22.7 Å². The maximum atomic E-state index is 12.0. The van der Waals surface area contributed by atoms with Crippen molar-refractivity contribution >= 4 is 15.8 Å². The average Bonchev–Trinajstić information content (AvgIpc) is 2.61. The molecule has 2 aromatic carbocycles. The van der Waals surface area contributed by atoms with Gasteiger partial charge in [-0.15, -0.1) is 0 Å². The van der Waals surface area contributed by atoms with Gasteiger partial charge in [-0.25, -0.2) is 8.42 Å². The Hall–Kier alpha value is -2.18. The molecular formula is C20H23NO4S. The van der Waals surface area contributed by atoms with Gasteiger partial charge in [0, 0.05) is 19.1 Å². The number of sulfone groups is 1. The molecule has 0 amide bonds. The molecule has 0 aliphatic carbocycles. The normalized spacial score (nSPS) is 17.6. The van der Waals surface area contributed by atoms with Crippen LogP contribution in [0.4, 0.5) is 0 Å². The Morgan fingerprint density at radius 1 is 1.08 bits per heavy atom. The van der Waals surface area contributed by atoms with Crippen molar-refractivity contribution in [1.29, 1.82) is 0 Å². The van der Waals surface area contributed by atoms with Gasteiger partial charge in [-0.2, -0.15) is 0 Å². The molecule has 1 atom stereocenters. The van der Waals surface area contributed by atoms with E-state index in [-0.39, 0.29) is 11.8 Å². The Labute approximate surface area is 154 Å². The predicted octanol–water partition coefficient (Wildman–Crippen LogP) is 2.33. The molecule has 6 heteroatoms. The number of carbonyl (C=O) groups is 1. The lowest BCUT2D eigenvalue weighted by Crippen LogP contribution is -2.40. The molecule has 1 unspecified atom stereocenters. The van der Waals surface area contributed by atoms with Gasteiger partial charge in [0.2, 0.25) is 0 Å². The zero-order valence-corrected chi connectivity index (χ0v) is 15.4. The van der Waals surface area contributed by atoms with E-state index in [1.165, 1.54) is 16.7 Å². The first-order valence-corrected chi connectivity index (χ1v) is 10.5. The highest BCUT2D eigenvalue weighted by atomic mass is 32.2. The van der Waals surface area contributed by atoms with Crippen LogP contribution in [0.15, 0.2) is 54.6 Å². The largest absolute Gasteiger partial charge is 0.480 e. The summed E-state index contributed by atoms with van der Waals surface area (Å²) in [6.45, 7) is 1.12. The molecule has 5 nitrogen and oxygen atoms in total. The van der Waals surface area contributed by atoms with Crippen LogP contribution in [0, 0.1) is 0 Å². The van der Waals surface area contributed by atoms with Crippen molar-refractivity contribution < 1.29 is 18.3 Å². The molecule has 0 spiro atoms. The molecule has 26 heavy (non-hydrogen) atoms. The third-order valence-electron chi connectivity index (χ3n) is 4.83. The monoisotopic (exact) mass is 373 g/mol. The number of hydrogen-bond acceptors (Lipinski definition) is 4. The smallest absolute Gasteiger partial charge is 0.318 e. The second-order valence-electron chi connectivity index (χ2n) is 6.68. The molecule has 0 bridgehead atoms. The van der Waals surface area contributed by atoms with Crippen molar-refractivity contribution in [3.05, 3.63) is 71.3 Å². The Bertz CT molecular complexity index is 864. The fourth-order valence-corrected chi connectivity index (χ4v) is 4.60. The first kappa shape index (κ1) is 18.6. The number of benzene rings is 2. The molecule has 0 aromatic heterocycles. The standard InChI is InChI=1S/C20H23NO4S/c22-20(23)15-26(24,25)13-12-21-11-10-17-8-4-5-9-18(17)19(21)14-16-6-2-1-3-7-16/h1-9,19H,10-15H2,(H,22,23). The van der Waals surface area contributed by atoms with Crippen LogP contribution in [-0.2, 0) is 27.5 Å². The van der Waals surface area contributed by atoms with Crippen LogP contribution in [0.25, 0.3) is 0 Å². The van der Waals surface area contributed by atoms with Crippen LogP contribution in [0.3, 0.4) is 0 Å². The molecule has 0 radical (unpaired) electrons. The van der Waals surface area contributed by atoms with Crippen molar-refractivity contribution in [2.75, 3.05) is 24.6 Å². The minimum Gasteiger partial charge on any atom is -0.480 e. The highest BCUT2D eigenvalue weighted by molar-refractivity contribution is 7.92. The molecule has 1 N–H and O–H groups in total. The number of aliphatic carboxylic acids is 1. The summed E-state index contributed by atoms with van der Waals surface area (Å²) in [6, 6.07) is 18.5. The van der Waals surface area contributed by atoms with Gasteiger partial charge in [0.15, 0.2) is 9.84 Å². The number of rotatable bonds is 7. The maximum absolute atomic E-state index is 12.0. The van der Waals surface area contributed by atoms with Gasteiger partial charge in [-0.3, -0.25) is 9.69 Å². The van der Waals surface area contributed by atoms with E-state index in [9.17, 15) is 13.2 Å². The van der Waals surface area contributed by atoms with Gasteiger partial charge in [0.25, 0.3) is 0 Å². The molecule has 3 rings (SSSR count). The lowest BCUT2D eigenvalue weighted by Gasteiger charge is -2.37. The zero-order chi connectivity index (χ0) is 18.6. The molecule has 1 aliphatic rings. The van der Waals surface area contributed by atoms with E-state index >= 15 is 0 Å². The Balaban J connectivity index is 1.80. The Morgan fingerprint density at radius 2 is 1.77 bits per heavy atom. The number of carboxylic acid groups (broad SMARTS) is 1. The third-order valence-corrected chi connectivity index (χ3v) is 6.32. The fraction of sp³-hybridized carbons (Fsp3) is 0.350. The molecule has 138 valence electrons. The number of hydrogen-bond donors (Lipinski definition) is 1. The van der Waals surface area contributed by atoms with Crippen LogP contribution in [0.2, 0.25) is 0 Å². The van der Waals surface area contributed by atoms with E-state index in [1.807, 2.05) is 30.3 Å². The summed E-state index contributed by atoms with van der Waals surface area (Å²) in [4.78, 5) is 12.9. The van der Waals surface area contributed by atoms with E-state index in [4.69, 9.17) is 5.11 Å². The summed E-state index contributed by atoms with van der Waals surface area (Å²) in [6.07, 6.45) is 1.68. The minimum absolute atomic E-state index is 0.0994. The van der Waals surface area contributed by atoms with E-state index in [0.29, 0.717) is 6.54 Å². The lowest BCUT2D eigenvalue weighted by molar-refractivity contribution is -0.134. The van der Waals surface area contributed by atoms with Gasteiger partial charge in [0.05, 0.1) is 5.75 Å². The van der Waals surface area contributed by atoms with Crippen LogP contribution in [-0.4, -0.2) is 49.0 Å². The van der Waals surface area contributed by atoms with Crippen molar-refractivity contribution in [2.45, 2.75) is 18.9 Å². The van der Waals surface area contributed by atoms with E-state index < -0.39 is 21.6 Å². The summed E-state index contributed by atoms with van der Waals surface area (Å²) in [7, 11) is -3.60. The Kier molecular flexibility index (Phi) is 5.74. The van der Waals surface area contributed by atoms with Crippen LogP contribution >= 0.6 is 0 Å². The molecular weight excluding hydrogens is 350 g/mol. The number of fused-ring (bicyclic) bond motifs is 1. The first-order chi connectivity index (χ1) is 12.4. The number of nitrogens with zero attached hydrogens (tertiary/aromatic N) is 1. The molecule has 2 aromatic rings. The average molecular weight is 373 g/mol. The van der Waals surface area contributed by atoms with E-state index in [0.717, 1.165) is 19.4 Å². The van der Waals surface area contributed by atoms with Gasteiger partial charge < -0.3 is 5.11 Å². The van der Waals surface area contributed by atoms with Crippen molar-refractivity contribution in [3.63, 3.8) is 0 Å². The SMILES string of the molecule is O=C(O)CS(=O)(=O)CCN1CCc2ccccc2C1Cc1ccccc1. The Morgan fingerprint density at radius 3 is 2.50 bits per heavy atom. The molecule has 0 saturated carbocycles. The van der Waals surface area contributed by atoms with Crippen molar-refractivity contribution in [2.24, 2.45) is 0 Å². The molecule has 1 heterocycles. The molecule has 0 saturated heterocycles. The first-order valence-electron chi connectivity index (χ1n) is 8.72. The van der Waals surface area contributed by atoms with Crippen LogP contribution in [0.5, 0.6) is 0 Å². The zero-order valence-electron chi connectivity index (χ0n) is 14.5. The highest BCUT2D eigenvalue weighted by Crippen LogP contribution is 2.32. The topological polar surface area (TPSA) is 74.7 Å². The van der Waals surface area contributed by atoms with E-state index in [2.05, 4.69) is 29.2 Å². The number of carboxylic acids is 1. The highest BCUT2D eigenvalue weighted by Gasteiger charge is 2.28. The molecule has 0 fully saturated rings. The summed E-state index contributed by atoms with van der Waals surface area (Å²) < 4.78 is 24.0. The summed E-state index contributed by atoms with van der Waals surface area (Å²) >= 11 is 0. The van der Waals surface area contributed by atoms with Gasteiger partial charge in [0.1, 0.15) is 5.75 Å². The lowest BCUT2D eigenvalue weighted by atomic mass is 9.89. The maximum Gasteiger partial charge on any atom is 0.318 e. The van der Waals surface area contributed by atoms with Crippen molar-refractivity contribution in [1.82, 2.24) is 4.90 Å². The summed E-state index contributed by atoms with van der Waals surface area (Å²) in [5.41, 5.74) is 3.74. The third kappa shape index (κ3) is 4.71. The fourth-order valence-electron chi connectivity index (χ4n) is 3.56. The van der Waals surface area contributed by atoms with Crippen LogP contribution < -0.4 is 0 Å². The summed E-state index contributed by atoms with van der Waals surface area (Å²) in [5, 5.41) is 8.77. The van der Waals surface area contributed by atoms with Crippen molar-refractivity contribution in [3.8, 4) is 0 Å². The second-order valence-corrected chi connectivity index (χ2v) is 8.86. The van der Waals surface area contributed by atoms with Gasteiger partial charge in [-0.1, -0.05) is 54.6 Å². The molecule has 1 aliphatic heterocycles. The van der Waals surface area contributed by atoms with Gasteiger partial charge >= 0.3 is 5.97 Å². The second kappa shape index (κ2) is 8.01. The predicted molar refractivity (Wildman–Crippen MR) is 101 cm³/mol. The summed E-state index contributed by atoms with van der Waals surface area (Å²) in [5.74, 6) is -2.23. The quantitative estimate of drug-likeness (QED) is 0.806. The van der Waals surface area contributed by atoms with E-state index in [1.54, 1.807) is 0 Å².